The van der Waals surface area contributed by atoms with Gasteiger partial charge in [0.25, 0.3) is 0 Å². The summed E-state index contributed by atoms with van der Waals surface area (Å²) in [6.45, 7) is 9.56. The largest absolute Gasteiger partial charge is 0.354 e. The van der Waals surface area contributed by atoms with E-state index in [1.165, 1.54) is 6.92 Å². The Hall–Kier alpha value is -0.160. The van der Waals surface area contributed by atoms with E-state index in [4.69, 9.17) is 4.79 Å². The van der Waals surface area contributed by atoms with Gasteiger partial charge in [-0.25, -0.2) is 0 Å². The number of carbonyl (C=O) groups excluding carboxylic acids is 2. The molecule has 1 amide bonds. The molecule has 0 bridgehead atoms. The molecule has 0 saturated carbocycles. The summed E-state index contributed by atoms with van der Waals surface area (Å²) in [5, 5.41) is 2.68. The van der Waals surface area contributed by atoms with Crippen LogP contribution in [0.4, 0.5) is 0 Å². The van der Waals surface area contributed by atoms with E-state index in [1.54, 1.807) is 13.8 Å². The van der Waals surface area contributed by atoms with E-state index >= 15 is 0 Å². The zero-order chi connectivity index (χ0) is 12.9. The second kappa shape index (κ2) is 13.8. The molecule has 0 heterocycles. The van der Waals surface area contributed by atoms with E-state index in [-0.39, 0.29) is 5.91 Å². The average molecular weight is 253 g/mol. The second-order valence-electron chi connectivity index (χ2n) is 2.77. The Morgan fingerprint density at radius 3 is 1.93 bits per heavy atom. The summed E-state index contributed by atoms with van der Waals surface area (Å²) in [6, 6.07) is 0. The van der Waals surface area contributed by atoms with Crippen molar-refractivity contribution in [3.05, 3.63) is 0 Å². The van der Waals surface area contributed by atoms with E-state index in [2.05, 4.69) is 30.6 Å². The number of hydrogen-bond acceptors (Lipinski definition) is 4. The Kier molecular flexibility index (Phi) is 18.7. The molecule has 0 aromatic rings. The highest BCUT2D eigenvalue weighted by molar-refractivity contribution is 7.82. The predicted octanol–water partition coefficient (Wildman–Crippen LogP) is 1.97. The van der Waals surface area contributed by atoms with Crippen LogP contribution in [0.2, 0.25) is 0 Å². The summed E-state index contributed by atoms with van der Waals surface area (Å²) < 4.78 is -0.580. The van der Waals surface area contributed by atoms with Crippen LogP contribution in [0, 0.1) is 0 Å². The summed E-state index contributed by atoms with van der Waals surface area (Å²) in [5.41, 5.74) is 0. The summed E-state index contributed by atoms with van der Waals surface area (Å²) in [5.74, 6) is 0.611. The van der Waals surface area contributed by atoms with Gasteiger partial charge in [0, 0.05) is 12.3 Å². The summed E-state index contributed by atoms with van der Waals surface area (Å²) in [4.78, 5) is 19.8. The normalized spacial score (nSPS) is 8.73. The van der Waals surface area contributed by atoms with Crippen LogP contribution in [0.1, 0.15) is 34.6 Å². The summed E-state index contributed by atoms with van der Waals surface area (Å²) >= 11 is 8.04. The van der Waals surface area contributed by atoms with Gasteiger partial charge < -0.3 is 10.1 Å². The van der Waals surface area contributed by atoms with Crippen molar-refractivity contribution in [3.8, 4) is 0 Å². The van der Waals surface area contributed by atoms with Gasteiger partial charge >= 0.3 is 0 Å². The highest BCUT2D eigenvalue weighted by atomic mass is 32.1. The van der Waals surface area contributed by atoms with Crippen LogP contribution in [0.25, 0.3) is 0 Å². The van der Waals surface area contributed by atoms with E-state index in [0.29, 0.717) is 12.3 Å². The van der Waals surface area contributed by atoms with E-state index in [9.17, 15) is 4.79 Å². The van der Waals surface area contributed by atoms with Gasteiger partial charge in [-0.2, -0.15) is 25.3 Å². The van der Waals surface area contributed by atoms with Gasteiger partial charge in [-0.1, -0.05) is 13.8 Å². The van der Waals surface area contributed by atoms with Crippen LogP contribution >= 0.6 is 25.3 Å². The first-order valence-corrected chi connectivity index (χ1v) is 5.99. The first kappa shape index (κ1) is 20.3. The highest BCUT2D eigenvalue weighted by Crippen LogP contribution is 2.10. The van der Waals surface area contributed by atoms with Gasteiger partial charge in [-0.3, -0.25) is 4.79 Å². The fourth-order valence-corrected chi connectivity index (χ4v) is 0.577. The number of carbonyl (C=O) groups is 2. The molecule has 0 aliphatic carbocycles. The Balaban J connectivity index is -0.000000245. The van der Waals surface area contributed by atoms with Gasteiger partial charge in [-0.15, -0.1) is 0 Å². The molecule has 15 heavy (non-hydrogen) atoms. The number of nitrogens with one attached hydrogen (secondary N) is 1. The molecule has 3 nitrogen and oxygen atoms in total. The molecule has 0 spiro atoms. The maximum absolute atomic E-state index is 11.0. The van der Waals surface area contributed by atoms with E-state index < -0.39 is 4.75 Å². The summed E-state index contributed by atoms with van der Waals surface area (Å²) in [6.07, 6.45) is 0.750. The van der Waals surface area contributed by atoms with Gasteiger partial charge in [0.2, 0.25) is 5.91 Å². The minimum atomic E-state index is -0.580. The van der Waals surface area contributed by atoms with Crippen LogP contribution < -0.4 is 5.32 Å². The van der Waals surface area contributed by atoms with E-state index in [1.807, 2.05) is 13.8 Å². The molecule has 0 aromatic carbocycles. The number of thiol groups is 2. The standard InChI is InChI=1S/C6H13NOS2.C2H4O.C2H6/c1-6(2,10)5(8)7-3-4-9;1-2-3;1-2/h9-10H,3-4H2,1-2H3,(H,7,8);2H,1H3;1-2H3. The SMILES string of the molecule is CC.CC(C)(S)C(=O)NCCS.CC=O. The molecular weight excluding hydrogens is 230 g/mol. The Morgan fingerprint density at radius 1 is 1.40 bits per heavy atom. The number of hydrogen-bond donors (Lipinski definition) is 3. The third kappa shape index (κ3) is 20.0. The van der Waals surface area contributed by atoms with Gasteiger partial charge in [0.05, 0.1) is 4.75 Å². The molecule has 0 aliphatic rings. The van der Waals surface area contributed by atoms with Crippen LogP contribution in [-0.2, 0) is 9.59 Å². The Labute approximate surface area is 104 Å². The molecule has 0 aromatic heterocycles. The Bertz CT molecular complexity index is 156. The molecule has 0 atom stereocenters. The predicted molar refractivity (Wildman–Crippen MR) is 73.0 cm³/mol. The monoisotopic (exact) mass is 253 g/mol. The van der Waals surface area contributed by atoms with Gasteiger partial charge in [-0.05, 0) is 20.8 Å². The minimum absolute atomic E-state index is 0.0510. The second-order valence-corrected chi connectivity index (χ2v) is 4.34. The molecule has 0 rings (SSSR count). The highest BCUT2D eigenvalue weighted by Gasteiger charge is 2.21. The lowest BCUT2D eigenvalue weighted by atomic mass is 10.2. The molecule has 0 radical (unpaired) electrons. The molecule has 0 unspecified atom stereocenters. The fourth-order valence-electron chi connectivity index (χ4n) is 0.386. The average Bonchev–Trinajstić information content (AvgIpc) is 2.17. The van der Waals surface area contributed by atoms with Crippen molar-refractivity contribution in [2.24, 2.45) is 0 Å². The molecule has 92 valence electrons. The molecular formula is C10H23NO2S2. The maximum atomic E-state index is 11.0. The van der Waals surface area contributed by atoms with Crippen molar-refractivity contribution >= 4 is 37.5 Å². The third-order valence-corrected chi connectivity index (χ3v) is 1.38. The van der Waals surface area contributed by atoms with Gasteiger partial charge in [0.15, 0.2) is 0 Å². The number of aldehydes is 1. The summed E-state index contributed by atoms with van der Waals surface area (Å²) in [7, 11) is 0. The van der Waals surface area contributed by atoms with E-state index in [0.717, 1.165) is 6.29 Å². The van der Waals surface area contributed by atoms with Crippen molar-refractivity contribution in [2.75, 3.05) is 12.3 Å². The van der Waals surface area contributed by atoms with Crippen molar-refractivity contribution in [3.63, 3.8) is 0 Å². The lowest BCUT2D eigenvalue weighted by Gasteiger charge is -2.15. The van der Waals surface area contributed by atoms with Crippen LogP contribution in [0.15, 0.2) is 0 Å². The van der Waals surface area contributed by atoms with Gasteiger partial charge in [0.1, 0.15) is 6.29 Å². The quantitative estimate of drug-likeness (QED) is 0.532. The third-order valence-electron chi connectivity index (χ3n) is 0.953. The van der Waals surface area contributed by atoms with Crippen LogP contribution in [0.3, 0.4) is 0 Å². The molecule has 0 fully saturated rings. The lowest BCUT2D eigenvalue weighted by Crippen LogP contribution is -2.38. The molecule has 5 heteroatoms. The number of rotatable bonds is 3. The zero-order valence-corrected chi connectivity index (χ0v) is 12.0. The van der Waals surface area contributed by atoms with Crippen molar-refractivity contribution in [2.45, 2.75) is 39.4 Å². The maximum Gasteiger partial charge on any atom is 0.235 e. The molecule has 1 N–H and O–H groups in total. The first-order valence-electron chi connectivity index (χ1n) is 4.91. The number of amides is 1. The minimum Gasteiger partial charge on any atom is -0.354 e. The van der Waals surface area contributed by atoms with Crippen molar-refractivity contribution in [1.29, 1.82) is 0 Å². The first-order chi connectivity index (χ1) is 6.90. The zero-order valence-electron chi connectivity index (χ0n) is 10.2. The fraction of sp³-hybridized carbons (Fsp3) is 0.800. The molecule has 0 aliphatic heterocycles. The van der Waals surface area contributed by atoms with Crippen molar-refractivity contribution in [1.82, 2.24) is 5.32 Å². The van der Waals surface area contributed by atoms with Crippen LogP contribution in [0.5, 0.6) is 0 Å². The smallest absolute Gasteiger partial charge is 0.235 e. The lowest BCUT2D eigenvalue weighted by molar-refractivity contribution is -0.122. The van der Waals surface area contributed by atoms with Crippen molar-refractivity contribution < 1.29 is 9.59 Å². The van der Waals surface area contributed by atoms with Crippen LogP contribution in [-0.4, -0.2) is 29.2 Å². The Morgan fingerprint density at radius 2 is 1.73 bits per heavy atom. The molecule has 0 saturated heterocycles. The topological polar surface area (TPSA) is 46.2 Å².